The lowest BCUT2D eigenvalue weighted by atomic mass is 10.0. The van der Waals surface area contributed by atoms with Gasteiger partial charge in [0.25, 0.3) is 0 Å². The van der Waals surface area contributed by atoms with E-state index in [1.165, 1.54) is 12.3 Å². The van der Waals surface area contributed by atoms with E-state index in [2.05, 4.69) is 30.5 Å². The fourth-order valence-electron chi connectivity index (χ4n) is 3.91. The van der Waals surface area contributed by atoms with E-state index < -0.39 is 11.7 Å². The van der Waals surface area contributed by atoms with Crippen molar-refractivity contribution in [2.75, 3.05) is 11.1 Å². The highest BCUT2D eigenvalue weighted by Gasteiger charge is 2.31. The molecule has 0 radical (unpaired) electrons. The lowest BCUT2D eigenvalue weighted by molar-refractivity contribution is -0.137. The summed E-state index contributed by atoms with van der Waals surface area (Å²) in [4.78, 5) is 13.6. The van der Waals surface area contributed by atoms with Crippen molar-refractivity contribution < 1.29 is 13.2 Å². The molecule has 3 aromatic heterocycles. The van der Waals surface area contributed by atoms with Gasteiger partial charge in [-0.05, 0) is 30.2 Å². The molecule has 0 aliphatic carbocycles. The molecule has 3 heterocycles. The van der Waals surface area contributed by atoms with E-state index in [0.717, 1.165) is 17.7 Å². The molecule has 0 amide bonds. The minimum Gasteiger partial charge on any atom is -0.382 e. The van der Waals surface area contributed by atoms with Crippen molar-refractivity contribution in [1.29, 1.82) is 0 Å². The van der Waals surface area contributed by atoms with Crippen LogP contribution in [0.2, 0.25) is 0 Å². The fourth-order valence-corrected chi connectivity index (χ4v) is 3.91. The number of halogens is 3. The number of imidazole rings is 1. The molecule has 0 bridgehead atoms. The van der Waals surface area contributed by atoms with Crippen LogP contribution in [0.3, 0.4) is 0 Å². The number of aromatic nitrogens is 6. The van der Waals surface area contributed by atoms with Crippen LogP contribution in [-0.4, -0.2) is 29.7 Å². The average molecular weight is 478 g/mol. The van der Waals surface area contributed by atoms with E-state index in [1.807, 2.05) is 41.8 Å². The first-order valence-electron chi connectivity index (χ1n) is 10.9. The predicted octanol–water partition coefficient (Wildman–Crippen LogP) is 5.12. The second kappa shape index (κ2) is 8.75. The first kappa shape index (κ1) is 22.4. The summed E-state index contributed by atoms with van der Waals surface area (Å²) in [7, 11) is 0. The van der Waals surface area contributed by atoms with E-state index >= 15 is 0 Å². The molecule has 4 N–H and O–H groups in total. The standard InChI is InChI=1S/C24H21F3N8/c1-2-35-21(18-17(13-30-34-18)15-9-6-10-16(11-15)24(25,26)27)31-19-20(28)32-23(33-22(19)35)29-12-14-7-4-3-5-8-14/h3-11,13H,2,12H2,1H3,(H,30,34)(H3,28,29,32,33). The number of hydrogen-bond donors (Lipinski definition) is 3. The Balaban J connectivity index is 1.56. The van der Waals surface area contributed by atoms with Gasteiger partial charge in [0.2, 0.25) is 5.95 Å². The number of benzene rings is 2. The van der Waals surface area contributed by atoms with E-state index in [1.54, 1.807) is 6.07 Å². The summed E-state index contributed by atoms with van der Waals surface area (Å²) in [6, 6.07) is 14.9. The van der Waals surface area contributed by atoms with Gasteiger partial charge in [-0.25, -0.2) is 4.98 Å². The smallest absolute Gasteiger partial charge is 0.382 e. The number of hydrogen-bond acceptors (Lipinski definition) is 6. The van der Waals surface area contributed by atoms with Crippen LogP contribution >= 0.6 is 0 Å². The SMILES string of the molecule is CCn1c(-c2[nH]ncc2-c2cccc(C(F)(F)F)c2)nc2c(N)nc(NCc3ccccc3)nc21. The third-order valence-electron chi connectivity index (χ3n) is 5.60. The van der Waals surface area contributed by atoms with Crippen molar-refractivity contribution in [3.63, 3.8) is 0 Å². The summed E-state index contributed by atoms with van der Waals surface area (Å²) in [6.45, 7) is 2.92. The summed E-state index contributed by atoms with van der Waals surface area (Å²) in [5.74, 6) is 0.996. The molecule has 11 heteroatoms. The van der Waals surface area contributed by atoms with E-state index in [9.17, 15) is 13.2 Å². The van der Waals surface area contributed by atoms with Gasteiger partial charge in [0.1, 0.15) is 5.69 Å². The van der Waals surface area contributed by atoms with Crippen LogP contribution in [0, 0.1) is 0 Å². The maximum absolute atomic E-state index is 13.3. The Kier molecular flexibility index (Phi) is 5.59. The molecule has 5 rings (SSSR count). The summed E-state index contributed by atoms with van der Waals surface area (Å²) in [5.41, 5.74) is 8.75. The Bertz CT molecular complexity index is 1490. The van der Waals surface area contributed by atoms with Crippen LogP contribution < -0.4 is 11.1 Å². The summed E-state index contributed by atoms with van der Waals surface area (Å²) in [5, 5.41) is 10.1. The molecule has 0 spiro atoms. The van der Waals surface area contributed by atoms with Gasteiger partial charge in [-0.15, -0.1) is 0 Å². The van der Waals surface area contributed by atoms with Gasteiger partial charge in [0, 0.05) is 18.7 Å². The number of H-pyrrole nitrogens is 1. The van der Waals surface area contributed by atoms with Crippen molar-refractivity contribution in [1.82, 2.24) is 29.7 Å². The largest absolute Gasteiger partial charge is 0.416 e. The van der Waals surface area contributed by atoms with Crippen LogP contribution in [0.4, 0.5) is 24.9 Å². The molecule has 0 aliphatic rings. The maximum atomic E-state index is 13.3. The number of aryl methyl sites for hydroxylation is 1. The van der Waals surface area contributed by atoms with Crippen molar-refractivity contribution in [2.24, 2.45) is 0 Å². The number of nitrogens with two attached hydrogens (primary N) is 1. The van der Waals surface area contributed by atoms with Crippen LogP contribution in [0.15, 0.2) is 60.8 Å². The highest BCUT2D eigenvalue weighted by atomic mass is 19.4. The minimum absolute atomic E-state index is 0.194. The van der Waals surface area contributed by atoms with Gasteiger partial charge in [0.05, 0.1) is 11.8 Å². The molecule has 8 nitrogen and oxygen atoms in total. The van der Waals surface area contributed by atoms with Crippen LogP contribution in [0.25, 0.3) is 33.8 Å². The molecule has 178 valence electrons. The molecule has 0 saturated heterocycles. The Morgan fingerprint density at radius 2 is 1.83 bits per heavy atom. The summed E-state index contributed by atoms with van der Waals surface area (Å²) in [6.07, 6.45) is -2.98. The van der Waals surface area contributed by atoms with Crippen molar-refractivity contribution in [2.45, 2.75) is 26.2 Å². The second-order valence-corrected chi connectivity index (χ2v) is 7.86. The second-order valence-electron chi connectivity index (χ2n) is 7.86. The fraction of sp³-hybridized carbons (Fsp3) is 0.167. The number of anilines is 2. The zero-order chi connectivity index (χ0) is 24.6. The average Bonchev–Trinajstić information content (AvgIpc) is 3.48. The number of aromatic amines is 1. The monoisotopic (exact) mass is 478 g/mol. The van der Waals surface area contributed by atoms with Gasteiger partial charge in [-0.2, -0.15) is 28.2 Å². The van der Waals surface area contributed by atoms with Gasteiger partial charge in [-0.3, -0.25) is 5.10 Å². The molecular weight excluding hydrogens is 457 g/mol. The lowest BCUT2D eigenvalue weighted by Crippen LogP contribution is -2.07. The number of nitrogen functional groups attached to an aromatic ring is 1. The predicted molar refractivity (Wildman–Crippen MR) is 127 cm³/mol. The molecule has 0 atom stereocenters. The van der Waals surface area contributed by atoms with Crippen molar-refractivity contribution >= 4 is 22.9 Å². The van der Waals surface area contributed by atoms with Crippen LogP contribution in [0.5, 0.6) is 0 Å². The molecular formula is C24H21F3N8. The summed E-state index contributed by atoms with van der Waals surface area (Å²) >= 11 is 0. The third-order valence-corrected chi connectivity index (χ3v) is 5.60. The number of alkyl halides is 3. The normalized spacial score (nSPS) is 11.8. The first-order chi connectivity index (χ1) is 16.8. The number of fused-ring (bicyclic) bond motifs is 1. The number of nitrogens with zero attached hydrogens (tertiary/aromatic N) is 5. The maximum Gasteiger partial charge on any atom is 0.416 e. The van der Waals surface area contributed by atoms with Crippen molar-refractivity contribution in [3.8, 4) is 22.6 Å². The molecule has 0 saturated carbocycles. The summed E-state index contributed by atoms with van der Waals surface area (Å²) < 4.78 is 41.6. The van der Waals surface area contributed by atoms with Crippen LogP contribution in [0.1, 0.15) is 18.1 Å². The Morgan fingerprint density at radius 3 is 2.57 bits per heavy atom. The zero-order valence-corrected chi connectivity index (χ0v) is 18.6. The first-order valence-corrected chi connectivity index (χ1v) is 10.9. The molecule has 2 aromatic carbocycles. The van der Waals surface area contributed by atoms with E-state index in [4.69, 9.17) is 5.73 Å². The third kappa shape index (κ3) is 4.27. The Hall–Kier alpha value is -4.41. The number of rotatable bonds is 6. The number of nitrogens with one attached hydrogen (secondary N) is 2. The Morgan fingerprint density at radius 1 is 1.03 bits per heavy atom. The molecule has 0 aliphatic heterocycles. The topological polar surface area (TPSA) is 110 Å². The molecule has 0 fully saturated rings. The highest BCUT2D eigenvalue weighted by molar-refractivity contribution is 5.88. The highest BCUT2D eigenvalue weighted by Crippen LogP contribution is 2.36. The van der Waals surface area contributed by atoms with Gasteiger partial charge >= 0.3 is 6.18 Å². The van der Waals surface area contributed by atoms with E-state index in [-0.39, 0.29) is 5.82 Å². The van der Waals surface area contributed by atoms with E-state index in [0.29, 0.717) is 52.8 Å². The van der Waals surface area contributed by atoms with Crippen molar-refractivity contribution in [3.05, 3.63) is 71.9 Å². The Labute approximate surface area is 198 Å². The molecule has 5 aromatic rings. The van der Waals surface area contributed by atoms with Gasteiger partial charge in [-0.1, -0.05) is 42.5 Å². The van der Waals surface area contributed by atoms with Crippen LogP contribution in [-0.2, 0) is 19.3 Å². The quantitative estimate of drug-likeness (QED) is 0.313. The van der Waals surface area contributed by atoms with Gasteiger partial charge < -0.3 is 15.6 Å². The van der Waals surface area contributed by atoms with Gasteiger partial charge in [0.15, 0.2) is 22.8 Å². The minimum atomic E-state index is -4.45. The zero-order valence-electron chi connectivity index (χ0n) is 18.6. The molecule has 0 unspecified atom stereocenters. The lowest BCUT2D eigenvalue weighted by Gasteiger charge is -2.10. The molecule has 35 heavy (non-hydrogen) atoms.